The summed E-state index contributed by atoms with van der Waals surface area (Å²) >= 11 is 6.72. The molecule has 0 saturated carbocycles. The van der Waals surface area contributed by atoms with E-state index < -0.39 is 15.7 Å². The van der Waals surface area contributed by atoms with Crippen molar-refractivity contribution >= 4 is 26.9 Å². The van der Waals surface area contributed by atoms with Crippen LogP contribution in [0.5, 0.6) is 0 Å². The number of rotatable bonds is 2. The first kappa shape index (κ1) is 15.9. The lowest BCUT2D eigenvalue weighted by atomic mass is 10.1. The van der Waals surface area contributed by atoms with Gasteiger partial charge in [0.05, 0.1) is 7.43 Å². The van der Waals surface area contributed by atoms with Crippen molar-refractivity contribution in [3.63, 3.8) is 0 Å². The molecule has 0 aliphatic heterocycles. The SMILES string of the molecule is CC(C)(C)N(P(Cl)C(C)(C)C)[Si](C)(C)C. The third kappa shape index (κ3) is 4.73. The predicted molar refractivity (Wildman–Crippen MR) is 77.5 cm³/mol. The maximum absolute atomic E-state index is 6.72. The van der Waals surface area contributed by atoms with Crippen LogP contribution in [0.4, 0.5) is 0 Å². The first-order valence-electron chi connectivity index (χ1n) is 5.54. The van der Waals surface area contributed by atoms with Crippen LogP contribution in [-0.4, -0.2) is 23.3 Å². The molecular formula is C11H27ClNPSi. The maximum atomic E-state index is 6.72. The molecule has 0 aromatic rings. The summed E-state index contributed by atoms with van der Waals surface area (Å²) in [6.07, 6.45) is 0. The molecule has 0 aromatic heterocycles. The van der Waals surface area contributed by atoms with Crippen LogP contribution in [0.3, 0.4) is 0 Å². The monoisotopic (exact) mass is 267 g/mol. The van der Waals surface area contributed by atoms with E-state index in [0.717, 1.165) is 0 Å². The zero-order valence-corrected chi connectivity index (χ0v) is 14.4. The standard InChI is InChI=1S/C11H27ClNPSi/c1-10(2,3)13(15(7,8)9)14(12)11(4,5)6/h1-9H3. The number of nitrogens with zero attached hydrogens (tertiary/aromatic N) is 1. The molecule has 0 aliphatic carbocycles. The Morgan fingerprint density at radius 2 is 1.27 bits per heavy atom. The van der Waals surface area contributed by atoms with Crippen molar-refractivity contribution in [1.82, 2.24) is 4.34 Å². The van der Waals surface area contributed by atoms with Crippen LogP contribution >= 0.6 is 18.7 Å². The largest absolute Gasteiger partial charge is 0.286 e. The molecule has 0 fully saturated rings. The highest BCUT2D eigenvalue weighted by Crippen LogP contribution is 2.61. The Labute approximate surface area is 103 Å². The minimum Gasteiger partial charge on any atom is -0.286 e. The summed E-state index contributed by atoms with van der Waals surface area (Å²) in [5.74, 6) is 0. The topological polar surface area (TPSA) is 3.24 Å². The van der Waals surface area contributed by atoms with Crippen LogP contribution < -0.4 is 0 Å². The van der Waals surface area contributed by atoms with Crippen molar-refractivity contribution in [2.75, 3.05) is 0 Å². The van der Waals surface area contributed by atoms with Crippen molar-refractivity contribution in [3.05, 3.63) is 0 Å². The van der Waals surface area contributed by atoms with E-state index in [2.05, 4.69) is 65.5 Å². The van der Waals surface area contributed by atoms with Crippen LogP contribution in [0.1, 0.15) is 41.5 Å². The molecule has 0 N–H and O–H groups in total. The molecule has 0 bridgehead atoms. The normalized spacial score (nSPS) is 17.0. The van der Waals surface area contributed by atoms with Gasteiger partial charge in [0, 0.05) is 10.7 Å². The molecule has 1 atom stereocenters. The number of halogens is 1. The molecule has 0 heterocycles. The van der Waals surface area contributed by atoms with E-state index in [0.29, 0.717) is 0 Å². The highest BCUT2D eigenvalue weighted by Gasteiger charge is 2.42. The van der Waals surface area contributed by atoms with Crippen LogP contribution in [0.2, 0.25) is 19.6 Å². The molecular weight excluding hydrogens is 241 g/mol. The molecule has 0 radical (unpaired) electrons. The lowest BCUT2D eigenvalue weighted by Crippen LogP contribution is -2.53. The molecule has 15 heavy (non-hydrogen) atoms. The molecule has 0 amide bonds. The zero-order chi connectivity index (χ0) is 12.7. The maximum Gasteiger partial charge on any atom is 0.125 e. The van der Waals surface area contributed by atoms with E-state index in [4.69, 9.17) is 11.2 Å². The summed E-state index contributed by atoms with van der Waals surface area (Å²) in [5.41, 5.74) is 0.172. The smallest absolute Gasteiger partial charge is 0.125 e. The molecule has 0 rings (SSSR count). The summed E-state index contributed by atoms with van der Waals surface area (Å²) in [4.78, 5) is 0. The highest BCUT2D eigenvalue weighted by atomic mass is 35.7. The van der Waals surface area contributed by atoms with Gasteiger partial charge in [-0.05, 0) is 20.8 Å². The molecule has 4 heteroatoms. The molecule has 1 unspecified atom stereocenters. The van der Waals surface area contributed by atoms with Gasteiger partial charge in [0.2, 0.25) is 0 Å². The Hall–Kier alpha value is 0.897. The Morgan fingerprint density at radius 3 is 1.33 bits per heavy atom. The van der Waals surface area contributed by atoms with E-state index in [1.54, 1.807) is 0 Å². The molecule has 0 aromatic carbocycles. The summed E-state index contributed by atoms with van der Waals surface area (Å²) in [5, 5.41) is 0.185. The summed E-state index contributed by atoms with van der Waals surface area (Å²) in [7, 11) is -1.96. The van der Waals surface area contributed by atoms with Crippen LogP contribution in [-0.2, 0) is 0 Å². The Morgan fingerprint density at radius 1 is 0.933 bits per heavy atom. The molecule has 1 nitrogen and oxygen atoms in total. The van der Waals surface area contributed by atoms with Crippen molar-refractivity contribution in [2.45, 2.75) is 71.9 Å². The van der Waals surface area contributed by atoms with E-state index in [1.165, 1.54) is 0 Å². The summed E-state index contributed by atoms with van der Waals surface area (Å²) < 4.78 is 2.59. The lowest BCUT2D eigenvalue weighted by Gasteiger charge is -2.50. The first-order valence-corrected chi connectivity index (χ1v) is 11.2. The van der Waals surface area contributed by atoms with Crippen LogP contribution in [0.15, 0.2) is 0 Å². The minimum absolute atomic E-state index is 0.172. The fourth-order valence-electron chi connectivity index (χ4n) is 1.83. The van der Waals surface area contributed by atoms with Crippen LogP contribution in [0, 0.1) is 0 Å². The van der Waals surface area contributed by atoms with Gasteiger partial charge in [0.25, 0.3) is 0 Å². The van der Waals surface area contributed by atoms with Gasteiger partial charge in [0.1, 0.15) is 8.24 Å². The fourth-order valence-corrected chi connectivity index (χ4v) is 10.7. The Bertz CT molecular complexity index is 198. The Balaban J connectivity index is 5.16. The quantitative estimate of drug-likeness (QED) is 0.487. The van der Waals surface area contributed by atoms with Gasteiger partial charge in [-0.1, -0.05) is 51.7 Å². The van der Waals surface area contributed by atoms with Crippen molar-refractivity contribution in [2.24, 2.45) is 0 Å². The fraction of sp³-hybridized carbons (Fsp3) is 1.00. The second kappa shape index (κ2) is 4.64. The van der Waals surface area contributed by atoms with Crippen LogP contribution in [0.25, 0.3) is 0 Å². The van der Waals surface area contributed by atoms with E-state index in [-0.39, 0.29) is 10.7 Å². The van der Waals surface area contributed by atoms with Crippen molar-refractivity contribution in [1.29, 1.82) is 0 Å². The van der Waals surface area contributed by atoms with Gasteiger partial charge in [-0.2, -0.15) is 0 Å². The lowest BCUT2D eigenvalue weighted by molar-refractivity contribution is 0.368. The van der Waals surface area contributed by atoms with Gasteiger partial charge >= 0.3 is 0 Å². The van der Waals surface area contributed by atoms with Gasteiger partial charge in [-0.25, -0.2) is 0 Å². The summed E-state index contributed by atoms with van der Waals surface area (Å²) in [6, 6.07) is 0. The van der Waals surface area contributed by atoms with Crippen molar-refractivity contribution < 1.29 is 0 Å². The predicted octanol–water partition coefficient (Wildman–Crippen LogP) is 5.27. The molecule has 0 spiro atoms. The minimum atomic E-state index is -1.36. The number of hydrogen-bond acceptors (Lipinski definition) is 1. The highest BCUT2D eigenvalue weighted by molar-refractivity contribution is 7.84. The van der Waals surface area contributed by atoms with Crippen molar-refractivity contribution in [3.8, 4) is 0 Å². The van der Waals surface area contributed by atoms with Gasteiger partial charge in [-0.3, -0.25) is 4.34 Å². The van der Waals surface area contributed by atoms with Gasteiger partial charge < -0.3 is 0 Å². The van der Waals surface area contributed by atoms with E-state index in [1.807, 2.05) is 0 Å². The molecule has 0 aliphatic rings. The number of hydrogen-bond donors (Lipinski definition) is 0. The van der Waals surface area contributed by atoms with Gasteiger partial charge in [0.15, 0.2) is 0 Å². The molecule has 0 saturated heterocycles. The van der Waals surface area contributed by atoms with Gasteiger partial charge in [-0.15, -0.1) is 0 Å². The Kier molecular flexibility index (Phi) is 4.92. The third-order valence-corrected chi connectivity index (χ3v) is 10.8. The zero-order valence-electron chi connectivity index (χ0n) is 11.8. The van der Waals surface area contributed by atoms with E-state index in [9.17, 15) is 0 Å². The first-order chi connectivity index (χ1) is 6.28. The molecule has 92 valence electrons. The van der Waals surface area contributed by atoms with E-state index >= 15 is 0 Å². The average Bonchev–Trinajstić information content (AvgIpc) is 1.76. The third-order valence-electron chi connectivity index (χ3n) is 2.00. The second-order valence-corrected chi connectivity index (χ2v) is 15.5. The summed E-state index contributed by atoms with van der Waals surface area (Å²) in [6.45, 7) is 20.7. The second-order valence-electron chi connectivity index (χ2n) is 7.08. The average molecular weight is 268 g/mol.